The standard InChI is InChI=1S/C22H21F2N3O3/c1-14-12-17(9-10-18(14)30-20(23)24)22(19(28)27(2)21(25)26-22)16-8-4-6-15(13-16)7-5-11-29-3/h4,6,8-10,12-13,20H,11H2,1-3H3,(H2,25,26). The number of alkyl halides is 2. The van der Waals surface area contributed by atoms with Gasteiger partial charge in [-0.3, -0.25) is 9.69 Å². The molecule has 0 saturated heterocycles. The molecule has 2 N–H and O–H groups in total. The Bertz CT molecular complexity index is 1060. The van der Waals surface area contributed by atoms with Crippen LogP contribution in [0, 0.1) is 18.8 Å². The summed E-state index contributed by atoms with van der Waals surface area (Å²) in [6.07, 6.45) is 0. The maximum absolute atomic E-state index is 13.3. The summed E-state index contributed by atoms with van der Waals surface area (Å²) in [4.78, 5) is 19.1. The van der Waals surface area contributed by atoms with Crippen LogP contribution >= 0.6 is 0 Å². The van der Waals surface area contributed by atoms with Crippen LogP contribution in [0.25, 0.3) is 0 Å². The number of hydrogen-bond acceptors (Lipinski definition) is 5. The smallest absolute Gasteiger partial charge is 0.387 e. The van der Waals surface area contributed by atoms with Crippen molar-refractivity contribution in [2.45, 2.75) is 19.1 Å². The minimum Gasteiger partial charge on any atom is -0.435 e. The fourth-order valence-corrected chi connectivity index (χ4v) is 3.32. The van der Waals surface area contributed by atoms with E-state index in [1.54, 1.807) is 50.4 Å². The molecule has 2 aromatic rings. The topological polar surface area (TPSA) is 77.2 Å². The number of benzene rings is 2. The number of halogens is 2. The Balaban J connectivity index is 2.16. The molecule has 1 atom stereocenters. The molecule has 6 nitrogen and oxygen atoms in total. The first-order chi connectivity index (χ1) is 14.3. The van der Waals surface area contributed by atoms with Gasteiger partial charge in [0.15, 0.2) is 11.5 Å². The monoisotopic (exact) mass is 413 g/mol. The predicted octanol–water partition coefficient (Wildman–Crippen LogP) is 2.62. The largest absolute Gasteiger partial charge is 0.435 e. The molecule has 0 spiro atoms. The molecule has 8 heteroatoms. The fraction of sp³-hybridized carbons (Fsp3) is 0.273. The number of ether oxygens (including phenoxy) is 2. The Labute approximate surface area is 173 Å². The highest BCUT2D eigenvalue weighted by atomic mass is 19.3. The predicted molar refractivity (Wildman–Crippen MR) is 108 cm³/mol. The summed E-state index contributed by atoms with van der Waals surface area (Å²) < 4.78 is 34.7. The van der Waals surface area contributed by atoms with E-state index in [2.05, 4.69) is 21.6 Å². The molecule has 0 aromatic heterocycles. The number of amides is 1. The zero-order chi connectivity index (χ0) is 21.9. The zero-order valence-electron chi connectivity index (χ0n) is 16.8. The molecule has 1 aliphatic rings. The first kappa shape index (κ1) is 21.3. The molecule has 3 rings (SSSR count). The number of methoxy groups -OCH3 is 1. The first-order valence-electron chi connectivity index (χ1n) is 9.07. The molecular weight excluding hydrogens is 392 g/mol. The number of likely N-dealkylation sites (N-methyl/N-ethyl adjacent to an activating group) is 1. The molecule has 30 heavy (non-hydrogen) atoms. The highest BCUT2D eigenvalue weighted by Crippen LogP contribution is 2.41. The summed E-state index contributed by atoms with van der Waals surface area (Å²) in [6, 6.07) is 11.6. The second-order valence-electron chi connectivity index (χ2n) is 6.72. The summed E-state index contributed by atoms with van der Waals surface area (Å²) in [5, 5.41) is 0. The highest BCUT2D eigenvalue weighted by molar-refractivity contribution is 6.09. The van der Waals surface area contributed by atoms with Gasteiger partial charge >= 0.3 is 6.61 Å². The van der Waals surface area contributed by atoms with Crippen LogP contribution in [0.5, 0.6) is 5.75 Å². The first-order valence-corrected chi connectivity index (χ1v) is 9.07. The van der Waals surface area contributed by atoms with Crippen molar-refractivity contribution in [3.05, 3.63) is 64.7 Å². The fourth-order valence-electron chi connectivity index (χ4n) is 3.32. The van der Waals surface area contributed by atoms with E-state index < -0.39 is 12.2 Å². The Morgan fingerprint density at radius 1 is 1.23 bits per heavy atom. The average Bonchev–Trinajstić information content (AvgIpc) is 2.94. The lowest BCUT2D eigenvalue weighted by Gasteiger charge is -2.27. The Kier molecular flexibility index (Phi) is 6.04. The highest BCUT2D eigenvalue weighted by Gasteiger charge is 2.49. The lowest BCUT2D eigenvalue weighted by Crippen LogP contribution is -2.41. The van der Waals surface area contributed by atoms with Gasteiger partial charge in [-0.1, -0.05) is 30.0 Å². The van der Waals surface area contributed by atoms with Crippen molar-refractivity contribution in [2.75, 3.05) is 20.8 Å². The number of guanidine groups is 1. The molecule has 0 saturated carbocycles. The van der Waals surface area contributed by atoms with Crippen LogP contribution < -0.4 is 10.5 Å². The number of hydrogen-bond donors (Lipinski definition) is 1. The lowest BCUT2D eigenvalue weighted by molar-refractivity contribution is -0.129. The van der Waals surface area contributed by atoms with E-state index in [1.807, 2.05) is 0 Å². The molecule has 156 valence electrons. The van der Waals surface area contributed by atoms with E-state index in [0.717, 1.165) is 0 Å². The van der Waals surface area contributed by atoms with E-state index in [1.165, 1.54) is 18.0 Å². The number of nitrogens with zero attached hydrogens (tertiary/aromatic N) is 2. The molecule has 2 aromatic carbocycles. The van der Waals surface area contributed by atoms with Gasteiger partial charge in [-0.05, 0) is 47.9 Å². The van der Waals surface area contributed by atoms with E-state index in [-0.39, 0.29) is 24.2 Å². The third kappa shape index (κ3) is 3.84. The third-order valence-electron chi connectivity index (χ3n) is 4.78. The number of aliphatic imine (C=N–C) groups is 1. The Morgan fingerprint density at radius 3 is 2.57 bits per heavy atom. The van der Waals surface area contributed by atoms with Gasteiger partial charge in [-0.15, -0.1) is 0 Å². The van der Waals surface area contributed by atoms with Crippen LogP contribution in [-0.4, -0.2) is 44.1 Å². The van der Waals surface area contributed by atoms with Crippen LogP contribution in [-0.2, 0) is 15.1 Å². The minimum absolute atomic E-state index is 0.0267. The third-order valence-corrected chi connectivity index (χ3v) is 4.78. The van der Waals surface area contributed by atoms with Crippen molar-refractivity contribution < 1.29 is 23.0 Å². The molecule has 0 aliphatic carbocycles. The maximum atomic E-state index is 13.3. The molecule has 1 amide bonds. The lowest BCUT2D eigenvalue weighted by atomic mass is 9.81. The van der Waals surface area contributed by atoms with Crippen LogP contribution in [0.4, 0.5) is 8.78 Å². The van der Waals surface area contributed by atoms with Crippen molar-refractivity contribution in [1.82, 2.24) is 4.90 Å². The van der Waals surface area contributed by atoms with E-state index >= 15 is 0 Å². The van der Waals surface area contributed by atoms with E-state index in [9.17, 15) is 13.6 Å². The van der Waals surface area contributed by atoms with Gasteiger partial charge in [-0.2, -0.15) is 8.78 Å². The number of carbonyl (C=O) groups is 1. The summed E-state index contributed by atoms with van der Waals surface area (Å²) in [7, 11) is 3.08. The average molecular weight is 413 g/mol. The van der Waals surface area contributed by atoms with Gasteiger partial charge in [0.2, 0.25) is 0 Å². The quantitative estimate of drug-likeness (QED) is 0.765. The number of carbonyl (C=O) groups excluding carboxylic acids is 1. The van der Waals surface area contributed by atoms with Gasteiger partial charge in [0.05, 0.1) is 0 Å². The number of aryl methyl sites for hydroxylation is 1. The molecule has 0 fully saturated rings. The summed E-state index contributed by atoms with van der Waals surface area (Å²) in [5.74, 6) is 5.57. The summed E-state index contributed by atoms with van der Waals surface area (Å²) >= 11 is 0. The maximum Gasteiger partial charge on any atom is 0.387 e. The molecule has 0 bridgehead atoms. The molecular formula is C22H21F2N3O3. The van der Waals surface area contributed by atoms with Crippen LogP contribution in [0.2, 0.25) is 0 Å². The summed E-state index contributed by atoms with van der Waals surface area (Å²) in [6.45, 7) is -1.05. The second kappa shape index (κ2) is 8.51. The van der Waals surface area contributed by atoms with E-state index in [4.69, 9.17) is 10.5 Å². The van der Waals surface area contributed by atoms with Crippen molar-refractivity contribution in [1.29, 1.82) is 0 Å². The van der Waals surface area contributed by atoms with Crippen molar-refractivity contribution in [3.63, 3.8) is 0 Å². The number of nitrogens with two attached hydrogens (primary N) is 1. The van der Waals surface area contributed by atoms with Gasteiger partial charge in [0.25, 0.3) is 5.91 Å². The van der Waals surface area contributed by atoms with Crippen LogP contribution in [0.15, 0.2) is 47.5 Å². The van der Waals surface area contributed by atoms with Gasteiger partial charge in [0, 0.05) is 19.7 Å². The van der Waals surface area contributed by atoms with Crippen molar-refractivity contribution >= 4 is 11.9 Å². The van der Waals surface area contributed by atoms with Crippen molar-refractivity contribution in [2.24, 2.45) is 10.7 Å². The minimum atomic E-state index is -2.95. The van der Waals surface area contributed by atoms with Gasteiger partial charge < -0.3 is 15.2 Å². The number of rotatable bonds is 5. The molecule has 1 heterocycles. The SMILES string of the molecule is COCC#Cc1cccc(C2(c3ccc(OC(F)F)c(C)c3)N=C(N)N(C)C2=O)c1. The Hall–Kier alpha value is -3.44. The van der Waals surface area contributed by atoms with Crippen LogP contribution in [0.1, 0.15) is 22.3 Å². The van der Waals surface area contributed by atoms with E-state index in [0.29, 0.717) is 22.3 Å². The molecule has 0 radical (unpaired) electrons. The Morgan fingerprint density at radius 2 is 1.97 bits per heavy atom. The van der Waals surface area contributed by atoms with Gasteiger partial charge in [-0.25, -0.2) is 4.99 Å². The molecule has 1 aliphatic heterocycles. The van der Waals surface area contributed by atoms with Crippen LogP contribution in [0.3, 0.4) is 0 Å². The van der Waals surface area contributed by atoms with Crippen molar-refractivity contribution in [3.8, 4) is 17.6 Å². The zero-order valence-corrected chi connectivity index (χ0v) is 16.8. The second-order valence-corrected chi connectivity index (χ2v) is 6.72. The normalized spacial score (nSPS) is 18.3. The molecule has 1 unspecified atom stereocenters. The van der Waals surface area contributed by atoms with Gasteiger partial charge in [0.1, 0.15) is 12.4 Å². The summed E-state index contributed by atoms with van der Waals surface area (Å²) in [5.41, 5.74) is 6.69.